The first kappa shape index (κ1) is 16.9. The molecule has 0 saturated carbocycles. The number of aryl methyl sites for hydroxylation is 2. The maximum absolute atomic E-state index is 13.7. The van der Waals surface area contributed by atoms with Crippen molar-refractivity contribution in [2.75, 3.05) is 5.32 Å². The molecule has 7 heteroatoms. The summed E-state index contributed by atoms with van der Waals surface area (Å²) >= 11 is 0. The van der Waals surface area contributed by atoms with Crippen LogP contribution in [0.25, 0.3) is 0 Å². The SMILES string of the molecule is Cc1nn(C)c(C)c1CC(=O)Nc1cnn(Cc2ccccc2F)c1. The van der Waals surface area contributed by atoms with E-state index < -0.39 is 0 Å². The Kier molecular flexibility index (Phi) is 4.65. The van der Waals surface area contributed by atoms with Crippen molar-refractivity contribution in [2.45, 2.75) is 26.8 Å². The van der Waals surface area contributed by atoms with Crippen LogP contribution in [0.2, 0.25) is 0 Å². The van der Waals surface area contributed by atoms with Crippen LogP contribution in [0.4, 0.5) is 10.1 Å². The molecule has 0 fully saturated rings. The topological polar surface area (TPSA) is 64.7 Å². The molecule has 1 amide bonds. The van der Waals surface area contributed by atoms with Gasteiger partial charge < -0.3 is 5.32 Å². The van der Waals surface area contributed by atoms with Gasteiger partial charge in [-0.1, -0.05) is 18.2 Å². The number of carbonyl (C=O) groups is 1. The second-order valence-corrected chi connectivity index (χ2v) is 6.02. The number of hydrogen-bond acceptors (Lipinski definition) is 3. The van der Waals surface area contributed by atoms with Gasteiger partial charge in [-0.2, -0.15) is 10.2 Å². The third-order valence-electron chi connectivity index (χ3n) is 4.20. The van der Waals surface area contributed by atoms with Crippen molar-refractivity contribution in [3.05, 3.63) is 65.0 Å². The van der Waals surface area contributed by atoms with Crippen LogP contribution >= 0.6 is 0 Å². The largest absolute Gasteiger partial charge is 0.323 e. The molecule has 0 aliphatic heterocycles. The monoisotopic (exact) mass is 341 g/mol. The van der Waals surface area contributed by atoms with Gasteiger partial charge in [0.15, 0.2) is 0 Å². The summed E-state index contributed by atoms with van der Waals surface area (Å²) in [6.45, 7) is 4.14. The summed E-state index contributed by atoms with van der Waals surface area (Å²) in [5.41, 5.74) is 3.89. The highest BCUT2D eigenvalue weighted by Gasteiger charge is 2.14. The third-order valence-corrected chi connectivity index (χ3v) is 4.20. The molecule has 25 heavy (non-hydrogen) atoms. The highest BCUT2D eigenvalue weighted by Crippen LogP contribution is 2.15. The van der Waals surface area contributed by atoms with Gasteiger partial charge >= 0.3 is 0 Å². The Morgan fingerprint density at radius 1 is 1.28 bits per heavy atom. The highest BCUT2D eigenvalue weighted by atomic mass is 19.1. The predicted molar refractivity (Wildman–Crippen MR) is 92.7 cm³/mol. The molecule has 130 valence electrons. The van der Waals surface area contributed by atoms with Crippen LogP contribution in [0.15, 0.2) is 36.7 Å². The molecule has 0 unspecified atom stereocenters. The summed E-state index contributed by atoms with van der Waals surface area (Å²) in [5.74, 6) is -0.407. The van der Waals surface area contributed by atoms with Gasteiger partial charge in [-0.25, -0.2) is 4.39 Å². The van der Waals surface area contributed by atoms with E-state index in [1.807, 2.05) is 20.9 Å². The summed E-state index contributed by atoms with van der Waals surface area (Å²) in [7, 11) is 1.86. The van der Waals surface area contributed by atoms with Crippen LogP contribution in [0, 0.1) is 19.7 Å². The summed E-state index contributed by atoms with van der Waals surface area (Å²) in [6.07, 6.45) is 3.50. The zero-order valence-corrected chi connectivity index (χ0v) is 14.5. The van der Waals surface area contributed by atoms with Crippen molar-refractivity contribution in [1.82, 2.24) is 19.6 Å². The lowest BCUT2D eigenvalue weighted by Crippen LogP contribution is -2.15. The lowest BCUT2D eigenvalue weighted by molar-refractivity contribution is -0.115. The van der Waals surface area contributed by atoms with E-state index in [-0.39, 0.29) is 18.1 Å². The zero-order chi connectivity index (χ0) is 18.0. The molecule has 6 nitrogen and oxygen atoms in total. The van der Waals surface area contributed by atoms with Crippen molar-refractivity contribution in [3.63, 3.8) is 0 Å². The minimum Gasteiger partial charge on any atom is -0.323 e. The predicted octanol–water partition coefficient (Wildman–Crippen LogP) is 2.60. The molecule has 1 aromatic carbocycles. The summed E-state index contributed by atoms with van der Waals surface area (Å²) in [5, 5.41) is 11.3. The lowest BCUT2D eigenvalue weighted by Gasteiger charge is -2.04. The Morgan fingerprint density at radius 3 is 2.72 bits per heavy atom. The minimum absolute atomic E-state index is 0.135. The first-order valence-corrected chi connectivity index (χ1v) is 7.99. The Balaban J connectivity index is 1.65. The van der Waals surface area contributed by atoms with Crippen LogP contribution in [-0.2, 0) is 24.8 Å². The molecule has 0 aliphatic rings. The highest BCUT2D eigenvalue weighted by molar-refractivity contribution is 5.92. The first-order valence-electron chi connectivity index (χ1n) is 7.99. The van der Waals surface area contributed by atoms with Crippen LogP contribution in [0.3, 0.4) is 0 Å². The molecule has 0 radical (unpaired) electrons. The van der Waals surface area contributed by atoms with Gasteiger partial charge in [0.25, 0.3) is 0 Å². The zero-order valence-electron chi connectivity index (χ0n) is 14.5. The van der Waals surface area contributed by atoms with Gasteiger partial charge in [-0.3, -0.25) is 14.2 Å². The van der Waals surface area contributed by atoms with E-state index in [9.17, 15) is 9.18 Å². The number of nitrogens with zero attached hydrogens (tertiary/aromatic N) is 4. The molecular weight excluding hydrogens is 321 g/mol. The Labute approximate surface area is 145 Å². The van der Waals surface area contributed by atoms with E-state index in [1.165, 1.54) is 6.07 Å². The average molecular weight is 341 g/mol. The van der Waals surface area contributed by atoms with E-state index in [1.54, 1.807) is 40.0 Å². The van der Waals surface area contributed by atoms with Crippen LogP contribution in [0.5, 0.6) is 0 Å². The van der Waals surface area contributed by atoms with Crippen molar-refractivity contribution >= 4 is 11.6 Å². The smallest absolute Gasteiger partial charge is 0.229 e. The number of aromatic nitrogens is 4. The number of anilines is 1. The molecule has 0 aliphatic carbocycles. The summed E-state index contributed by atoms with van der Waals surface area (Å²) < 4.78 is 17.1. The van der Waals surface area contributed by atoms with E-state index in [4.69, 9.17) is 0 Å². The van der Waals surface area contributed by atoms with Crippen LogP contribution in [-0.4, -0.2) is 25.5 Å². The molecule has 2 aromatic heterocycles. The second-order valence-electron chi connectivity index (χ2n) is 6.02. The molecule has 0 atom stereocenters. The van der Waals surface area contributed by atoms with E-state index >= 15 is 0 Å². The van der Waals surface area contributed by atoms with Gasteiger partial charge in [0.05, 0.1) is 30.5 Å². The fourth-order valence-electron chi connectivity index (χ4n) is 2.75. The normalized spacial score (nSPS) is 10.9. The lowest BCUT2D eigenvalue weighted by atomic mass is 10.1. The van der Waals surface area contributed by atoms with E-state index in [0.717, 1.165) is 17.0 Å². The fraction of sp³-hybridized carbons (Fsp3) is 0.278. The van der Waals surface area contributed by atoms with Crippen molar-refractivity contribution < 1.29 is 9.18 Å². The number of rotatable bonds is 5. The maximum Gasteiger partial charge on any atom is 0.229 e. The molecule has 1 N–H and O–H groups in total. The number of halogens is 1. The Bertz CT molecular complexity index is 912. The quantitative estimate of drug-likeness (QED) is 0.776. The standard InChI is InChI=1S/C18H20FN5O/c1-12-16(13(2)23(3)22-12)8-18(25)21-15-9-20-24(11-15)10-14-6-4-5-7-17(14)19/h4-7,9,11H,8,10H2,1-3H3,(H,21,25). The molecule has 3 aromatic rings. The van der Waals surface area contributed by atoms with Crippen LogP contribution < -0.4 is 5.32 Å². The maximum atomic E-state index is 13.7. The van der Waals surface area contributed by atoms with Gasteiger partial charge in [0, 0.05) is 30.1 Å². The van der Waals surface area contributed by atoms with Crippen molar-refractivity contribution in [2.24, 2.45) is 7.05 Å². The van der Waals surface area contributed by atoms with Gasteiger partial charge in [-0.05, 0) is 19.9 Å². The van der Waals surface area contributed by atoms with Gasteiger partial charge in [-0.15, -0.1) is 0 Å². The number of nitrogens with one attached hydrogen (secondary N) is 1. The average Bonchev–Trinajstić information content (AvgIpc) is 3.09. The first-order chi connectivity index (χ1) is 11.9. The van der Waals surface area contributed by atoms with Gasteiger partial charge in [0.2, 0.25) is 5.91 Å². The minimum atomic E-state index is -0.272. The Morgan fingerprint density at radius 2 is 2.04 bits per heavy atom. The molecule has 3 rings (SSSR count). The Hall–Kier alpha value is -2.96. The second kappa shape index (κ2) is 6.88. The summed E-state index contributed by atoms with van der Waals surface area (Å²) in [4.78, 5) is 12.3. The molecule has 0 saturated heterocycles. The number of amides is 1. The number of carbonyl (C=O) groups excluding carboxylic acids is 1. The van der Waals surface area contributed by atoms with Crippen molar-refractivity contribution in [1.29, 1.82) is 0 Å². The third kappa shape index (κ3) is 3.76. The molecule has 0 spiro atoms. The van der Waals surface area contributed by atoms with Crippen LogP contribution in [0.1, 0.15) is 22.5 Å². The van der Waals surface area contributed by atoms with E-state index in [0.29, 0.717) is 17.8 Å². The molecule has 0 bridgehead atoms. The molecule has 2 heterocycles. The number of hydrogen-bond donors (Lipinski definition) is 1. The summed E-state index contributed by atoms with van der Waals surface area (Å²) in [6, 6.07) is 6.56. The molecular formula is C18H20FN5O. The number of benzene rings is 1. The van der Waals surface area contributed by atoms with Crippen molar-refractivity contribution in [3.8, 4) is 0 Å². The van der Waals surface area contributed by atoms with E-state index in [2.05, 4.69) is 15.5 Å². The fourth-order valence-corrected chi connectivity index (χ4v) is 2.75. The van der Waals surface area contributed by atoms with Gasteiger partial charge in [0.1, 0.15) is 5.82 Å².